The summed E-state index contributed by atoms with van der Waals surface area (Å²) >= 11 is 0. The van der Waals surface area contributed by atoms with Gasteiger partial charge in [-0.3, -0.25) is 19.2 Å². The molecule has 2 aromatic rings. The quantitative estimate of drug-likeness (QED) is 0.344. The van der Waals surface area contributed by atoms with Crippen molar-refractivity contribution in [2.24, 2.45) is 0 Å². The van der Waals surface area contributed by atoms with Crippen LogP contribution in [-0.4, -0.2) is 30.9 Å². The SMILES string of the molecule is O=[N+]([O-])c1ccccc1C(=C(c1ccccc1)S(=O)(=O)O)S(=O)(=O)O. The summed E-state index contributed by atoms with van der Waals surface area (Å²) in [6, 6.07) is 10.9. The second-order valence-electron chi connectivity index (χ2n) is 4.75. The van der Waals surface area contributed by atoms with Gasteiger partial charge in [-0.25, -0.2) is 0 Å². The summed E-state index contributed by atoms with van der Waals surface area (Å²) in [5, 5.41) is 11.2. The number of nitrogens with zero attached hydrogens (tertiary/aromatic N) is 1. The van der Waals surface area contributed by atoms with Gasteiger partial charge in [0.15, 0.2) is 0 Å². The predicted octanol–water partition coefficient (Wildman–Crippen LogP) is 2.20. The molecule has 0 aliphatic carbocycles. The summed E-state index contributed by atoms with van der Waals surface area (Å²) < 4.78 is 66.5. The van der Waals surface area contributed by atoms with E-state index in [0.29, 0.717) is 0 Å². The third-order valence-electron chi connectivity index (χ3n) is 3.10. The van der Waals surface area contributed by atoms with Gasteiger partial charge in [0.2, 0.25) is 0 Å². The van der Waals surface area contributed by atoms with Crippen molar-refractivity contribution in [1.82, 2.24) is 0 Å². The summed E-state index contributed by atoms with van der Waals surface area (Å²) in [5.41, 5.74) is -1.70. The third-order valence-corrected chi connectivity index (χ3v) is 5.13. The second kappa shape index (κ2) is 6.72. The maximum atomic E-state index is 11.9. The van der Waals surface area contributed by atoms with Gasteiger partial charge in [0, 0.05) is 6.07 Å². The van der Waals surface area contributed by atoms with Crippen molar-refractivity contribution in [1.29, 1.82) is 0 Å². The molecule has 132 valence electrons. The summed E-state index contributed by atoms with van der Waals surface area (Å²) in [6.07, 6.45) is 0. The van der Waals surface area contributed by atoms with E-state index in [1.165, 1.54) is 42.5 Å². The summed E-state index contributed by atoms with van der Waals surface area (Å²) in [5.74, 6) is 0. The minimum Gasteiger partial charge on any atom is -0.282 e. The van der Waals surface area contributed by atoms with Gasteiger partial charge in [0.25, 0.3) is 25.9 Å². The van der Waals surface area contributed by atoms with Gasteiger partial charge < -0.3 is 0 Å². The van der Waals surface area contributed by atoms with Crippen LogP contribution in [0.3, 0.4) is 0 Å². The van der Waals surface area contributed by atoms with Crippen molar-refractivity contribution in [3.8, 4) is 0 Å². The minimum atomic E-state index is -5.27. The van der Waals surface area contributed by atoms with Gasteiger partial charge >= 0.3 is 0 Å². The zero-order valence-corrected chi connectivity index (χ0v) is 13.9. The standard InChI is InChI=1S/C14H11NO8S2/c16-15(17)12-9-5-4-8-11(12)14(25(21,22)23)13(24(18,19)20)10-6-2-1-3-7-10/h1-9H,(H,18,19,20)(H,21,22,23). The molecule has 11 heteroatoms. The molecule has 25 heavy (non-hydrogen) atoms. The average molecular weight is 385 g/mol. The van der Waals surface area contributed by atoms with Crippen LogP contribution in [0.2, 0.25) is 0 Å². The lowest BCUT2D eigenvalue weighted by Crippen LogP contribution is -2.12. The average Bonchev–Trinajstić information content (AvgIpc) is 2.51. The van der Waals surface area contributed by atoms with Gasteiger partial charge in [-0.2, -0.15) is 16.8 Å². The molecule has 0 radical (unpaired) electrons. The van der Waals surface area contributed by atoms with E-state index in [1.54, 1.807) is 0 Å². The van der Waals surface area contributed by atoms with E-state index >= 15 is 0 Å². The summed E-state index contributed by atoms with van der Waals surface area (Å²) in [4.78, 5) is 7.77. The lowest BCUT2D eigenvalue weighted by atomic mass is 10.1. The zero-order chi connectivity index (χ0) is 18.8. The van der Waals surface area contributed by atoms with Crippen LogP contribution in [0.5, 0.6) is 0 Å². The fourth-order valence-electron chi connectivity index (χ4n) is 2.19. The Bertz CT molecular complexity index is 1060. The molecule has 0 aromatic heterocycles. The molecule has 0 aliphatic rings. The lowest BCUT2D eigenvalue weighted by Gasteiger charge is -2.12. The van der Waals surface area contributed by atoms with Gasteiger partial charge in [0.05, 0.1) is 10.5 Å². The molecule has 2 aromatic carbocycles. The Morgan fingerprint density at radius 1 is 0.800 bits per heavy atom. The molecule has 0 amide bonds. The molecule has 0 fully saturated rings. The molecule has 0 spiro atoms. The van der Waals surface area contributed by atoms with Crippen molar-refractivity contribution >= 4 is 35.7 Å². The largest absolute Gasteiger partial charge is 0.296 e. The normalized spacial score (nSPS) is 13.2. The zero-order valence-electron chi connectivity index (χ0n) is 12.3. The Hall–Kier alpha value is -2.60. The number of benzene rings is 2. The van der Waals surface area contributed by atoms with Crippen LogP contribution < -0.4 is 0 Å². The van der Waals surface area contributed by atoms with Crippen LogP contribution in [0.15, 0.2) is 54.6 Å². The van der Waals surface area contributed by atoms with E-state index in [9.17, 15) is 36.1 Å². The van der Waals surface area contributed by atoms with Crippen molar-refractivity contribution in [3.63, 3.8) is 0 Å². The first kappa shape index (κ1) is 18.7. The van der Waals surface area contributed by atoms with E-state index in [-0.39, 0.29) is 5.56 Å². The molecule has 0 aliphatic heterocycles. The first-order valence-corrected chi connectivity index (χ1v) is 9.40. The van der Waals surface area contributed by atoms with Crippen molar-refractivity contribution in [2.75, 3.05) is 0 Å². The first-order valence-electron chi connectivity index (χ1n) is 6.52. The Morgan fingerprint density at radius 2 is 1.28 bits per heavy atom. The fraction of sp³-hybridized carbons (Fsp3) is 0. The first-order chi connectivity index (χ1) is 11.5. The maximum absolute atomic E-state index is 11.9. The second-order valence-corrected chi connectivity index (χ2v) is 7.47. The van der Waals surface area contributed by atoms with Crippen LogP contribution in [0.4, 0.5) is 5.69 Å². The molecular weight excluding hydrogens is 374 g/mol. The van der Waals surface area contributed by atoms with Gasteiger partial charge in [-0.15, -0.1) is 0 Å². The van der Waals surface area contributed by atoms with Gasteiger partial charge in [0.1, 0.15) is 9.81 Å². The molecule has 0 atom stereocenters. The van der Waals surface area contributed by atoms with Gasteiger partial charge in [-0.1, -0.05) is 42.5 Å². The van der Waals surface area contributed by atoms with Crippen LogP contribution >= 0.6 is 0 Å². The number of hydrogen-bond acceptors (Lipinski definition) is 6. The number of nitro benzene ring substituents is 1. The lowest BCUT2D eigenvalue weighted by molar-refractivity contribution is -0.385. The van der Waals surface area contributed by atoms with E-state index < -0.39 is 46.2 Å². The minimum absolute atomic E-state index is 0.268. The maximum Gasteiger partial charge on any atom is 0.296 e. The fourth-order valence-corrected chi connectivity index (χ4v) is 4.40. The molecule has 2 rings (SSSR count). The van der Waals surface area contributed by atoms with E-state index in [1.807, 2.05) is 0 Å². The Balaban J connectivity index is 3.08. The highest BCUT2D eigenvalue weighted by Gasteiger charge is 2.34. The Kier molecular flexibility index (Phi) is 5.04. The molecular formula is C14H11NO8S2. The topological polar surface area (TPSA) is 152 Å². The number of nitro groups is 1. The number of hydrogen-bond donors (Lipinski definition) is 2. The monoisotopic (exact) mass is 385 g/mol. The molecule has 9 nitrogen and oxygen atoms in total. The Labute approximate surface area is 142 Å². The third kappa shape index (κ3) is 4.09. The molecule has 0 saturated carbocycles. The molecule has 2 N–H and O–H groups in total. The van der Waals surface area contributed by atoms with E-state index in [4.69, 9.17) is 0 Å². The molecule has 0 bridgehead atoms. The number of rotatable bonds is 5. The van der Waals surface area contributed by atoms with Crippen molar-refractivity contribution in [2.45, 2.75) is 0 Å². The van der Waals surface area contributed by atoms with Gasteiger partial charge in [-0.05, 0) is 11.6 Å². The Morgan fingerprint density at radius 3 is 1.76 bits per heavy atom. The number of para-hydroxylation sites is 1. The van der Waals surface area contributed by atoms with Crippen LogP contribution in [0.25, 0.3) is 9.81 Å². The highest BCUT2D eigenvalue weighted by Crippen LogP contribution is 2.37. The van der Waals surface area contributed by atoms with Crippen LogP contribution in [0.1, 0.15) is 11.1 Å². The highest BCUT2D eigenvalue weighted by molar-refractivity contribution is 8.01. The highest BCUT2D eigenvalue weighted by atomic mass is 32.2. The molecule has 0 unspecified atom stereocenters. The van der Waals surface area contributed by atoms with E-state index in [2.05, 4.69) is 0 Å². The van der Waals surface area contributed by atoms with Crippen LogP contribution in [0, 0.1) is 10.1 Å². The summed E-state index contributed by atoms with van der Waals surface area (Å²) in [6.45, 7) is 0. The van der Waals surface area contributed by atoms with Crippen molar-refractivity contribution in [3.05, 3.63) is 75.8 Å². The van der Waals surface area contributed by atoms with E-state index in [0.717, 1.165) is 12.1 Å². The molecule has 0 heterocycles. The van der Waals surface area contributed by atoms with Crippen LogP contribution in [-0.2, 0) is 20.2 Å². The predicted molar refractivity (Wildman–Crippen MR) is 89.4 cm³/mol. The smallest absolute Gasteiger partial charge is 0.282 e. The summed E-state index contributed by atoms with van der Waals surface area (Å²) in [7, 11) is -10.4. The molecule has 0 saturated heterocycles. The van der Waals surface area contributed by atoms with Crippen molar-refractivity contribution < 1.29 is 30.9 Å².